The van der Waals surface area contributed by atoms with Crippen LogP contribution in [-0.4, -0.2) is 25.4 Å². The molecule has 0 fully saturated rings. The van der Waals surface area contributed by atoms with Crippen LogP contribution >= 0.6 is 0 Å². The van der Waals surface area contributed by atoms with E-state index in [1.165, 1.54) is 6.20 Å². The first kappa shape index (κ1) is 12.5. The van der Waals surface area contributed by atoms with Crippen molar-refractivity contribution in [1.82, 2.24) is 14.3 Å². The minimum Gasteiger partial charge on any atom is -0.478 e. The summed E-state index contributed by atoms with van der Waals surface area (Å²) in [7, 11) is 3.75. The number of fused-ring (bicyclic) bond motifs is 1. The maximum Gasteiger partial charge on any atom is 0.339 e. The third-order valence-corrected chi connectivity index (χ3v) is 3.81. The molecule has 3 rings (SSSR count). The zero-order valence-corrected chi connectivity index (χ0v) is 11.6. The van der Waals surface area contributed by atoms with Gasteiger partial charge < -0.3 is 9.67 Å². The molecule has 2 aromatic heterocycles. The van der Waals surface area contributed by atoms with E-state index in [1.54, 1.807) is 11.7 Å². The van der Waals surface area contributed by atoms with Crippen LogP contribution in [-0.2, 0) is 14.1 Å². The Morgan fingerprint density at radius 1 is 1.25 bits per heavy atom. The summed E-state index contributed by atoms with van der Waals surface area (Å²) in [6.45, 7) is 1.99. The van der Waals surface area contributed by atoms with Crippen LogP contribution in [0.4, 0.5) is 0 Å². The Balaban J connectivity index is 2.45. The number of carbonyl (C=O) groups is 1. The second kappa shape index (κ2) is 4.23. The SMILES string of the molecule is Cc1c(-c2c(C(=O)O)cnn2C)c2ccccc2n1C. The van der Waals surface area contributed by atoms with Gasteiger partial charge in [-0.1, -0.05) is 18.2 Å². The van der Waals surface area contributed by atoms with Crippen LogP contribution in [0.15, 0.2) is 30.5 Å². The molecule has 102 valence electrons. The molecular weight excluding hydrogens is 254 g/mol. The van der Waals surface area contributed by atoms with Gasteiger partial charge in [-0.25, -0.2) is 4.79 Å². The van der Waals surface area contributed by atoms with E-state index in [4.69, 9.17) is 0 Å². The quantitative estimate of drug-likeness (QED) is 0.778. The van der Waals surface area contributed by atoms with E-state index >= 15 is 0 Å². The zero-order chi connectivity index (χ0) is 14.4. The Morgan fingerprint density at radius 3 is 2.65 bits per heavy atom. The van der Waals surface area contributed by atoms with Gasteiger partial charge in [-0.05, 0) is 13.0 Å². The number of hydrogen-bond donors (Lipinski definition) is 1. The average Bonchev–Trinajstić information content (AvgIpc) is 2.91. The number of para-hydroxylation sites is 1. The first-order chi connectivity index (χ1) is 9.52. The van der Waals surface area contributed by atoms with Crippen molar-refractivity contribution in [3.63, 3.8) is 0 Å². The Kier molecular flexibility index (Phi) is 2.64. The van der Waals surface area contributed by atoms with E-state index in [0.717, 1.165) is 22.2 Å². The summed E-state index contributed by atoms with van der Waals surface area (Å²) >= 11 is 0. The predicted molar refractivity (Wildman–Crippen MR) is 76.8 cm³/mol. The van der Waals surface area contributed by atoms with E-state index in [-0.39, 0.29) is 5.56 Å². The lowest BCUT2D eigenvalue weighted by Crippen LogP contribution is -2.02. The van der Waals surface area contributed by atoms with Gasteiger partial charge in [0.15, 0.2) is 0 Å². The predicted octanol–water partition coefficient (Wildman–Crippen LogP) is 2.59. The maximum atomic E-state index is 11.4. The summed E-state index contributed by atoms with van der Waals surface area (Å²) in [5.41, 5.74) is 3.91. The minimum absolute atomic E-state index is 0.229. The maximum absolute atomic E-state index is 11.4. The molecule has 3 aromatic rings. The van der Waals surface area contributed by atoms with Crippen LogP contribution in [0, 0.1) is 6.92 Å². The van der Waals surface area contributed by atoms with Crippen LogP contribution < -0.4 is 0 Å². The topological polar surface area (TPSA) is 60.0 Å². The summed E-state index contributed by atoms with van der Waals surface area (Å²) in [6, 6.07) is 7.98. The number of aromatic carboxylic acids is 1. The molecule has 5 nitrogen and oxygen atoms in total. The van der Waals surface area contributed by atoms with Crippen molar-refractivity contribution >= 4 is 16.9 Å². The summed E-state index contributed by atoms with van der Waals surface area (Å²) in [4.78, 5) is 11.4. The molecule has 0 aliphatic rings. The van der Waals surface area contributed by atoms with Crippen LogP contribution in [0.3, 0.4) is 0 Å². The molecule has 1 aromatic carbocycles. The molecule has 0 radical (unpaired) electrons. The normalized spacial score (nSPS) is 11.2. The standard InChI is InChI=1S/C15H15N3O2/c1-9-13(10-6-4-5-7-12(10)17(9)2)14-11(15(19)20)8-16-18(14)3/h4-8H,1-3H3,(H,19,20). The lowest BCUT2D eigenvalue weighted by molar-refractivity contribution is 0.0697. The fourth-order valence-corrected chi connectivity index (χ4v) is 2.71. The molecule has 0 bridgehead atoms. The van der Waals surface area contributed by atoms with Crippen molar-refractivity contribution in [3.8, 4) is 11.3 Å². The van der Waals surface area contributed by atoms with Crippen molar-refractivity contribution in [1.29, 1.82) is 0 Å². The van der Waals surface area contributed by atoms with Crippen LogP contribution in [0.2, 0.25) is 0 Å². The van der Waals surface area contributed by atoms with Gasteiger partial charge in [0, 0.05) is 36.3 Å². The van der Waals surface area contributed by atoms with Crippen molar-refractivity contribution in [3.05, 3.63) is 41.7 Å². The first-order valence-electron chi connectivity index (χ1n) is 6.32. The number of aryl methyl sites for hydroxylation is 2. The lowest BCUT2D eigenvalue weighted by Gasteiger charge is -2.05. The van der Waals surface area contributed by atoms with Gasteiger partial charge in [0.25, 0.3) is 0 Å². The summed E-state index contributed by atoms with van der Waals surface area (Å²) in [6.07, 6.45) is 1.40. The Labute approximate surface area is 116 Å². The van der Waals surface area contributed by atoms with Crippen molar-refractivity contribution in [2.75, 3.05) is 0 Å². The highest BCUT2D eigenvalue weighted by molar-refractivity contribution is 6.03. The van der Waals surface area contributed by atoms with Gasteiger partial charge in [-0.3, -0.25) is 4.68 Å². The molecule has 0 saturated carbocycles. The second-order valence-corrected chi connectivity index (χ2v) is 4.87. The molecule has 2 heterocycles. The molecule has 0 aliphatic carbocycles. The summed E-state index contributed by atoms with van der Waals surface area (Å²) in [5.74, 6) is -0.958. The fourth-order valence-electron chi connectivity index (χ4n) is 2.71. The highest BCUT2D eigenvalue weighted by Gasteiger charge is 2.22. The Bertz CT molecular complexity index is 827. The number of nitrogens with zero attached hydrogens (tertiary/aromatic N) is 3. The van der Waals surface area contributed by atoms with Gasteiger partial charge in [-0.15, -0.1) is 0 Å². The highest BCUT2D eigenvalue weighted by Crippen LogP contribution is 2.35. The van der Waals surface area contributed by atoms with Crippen molar-refractivity contribution < 1.29 is 9.90 Å². The molecule has 1 N–H and O–H groups in total. The molecule has 20 heavy (non-hydrogen) atoms. The van der Waals surface area contributed by atoms with E-state index in [0.29, 0.717) is 5.69 Å². The average molecular weight is 269 g/mol. The van der Waals surface area contributed by atoms with E-state index in [9.17, 15) is 9.90 Å². The number of benzene rings is 1. The third-order valence-electron chi connectivity index (χ3n) is 3.81. The Hall–Kier alpha value is -2.56. The monoisotopic (exact) mass is 269 g/mol. The number of carboxylic acids is 1. The number of hydrogen-bond acceptors (Lipinski definition) is 2. The van der Waals surface area contributed by atoms with Gasteiger partial charge in [-0.2, -0.15) is 5.10 Å². The molecule has 0 amide bonds. The van der Waals surface area contributed by atoms with E-state index in [2.05, 4.69) is 9.67 Å². The van der Waals surface area contributed by atoms with Crippen molar-refractivity contribution in [2.24, 2.45) is 14.1 Å². The zero-order valence-electron chi connectivity index (χ0n) is 11.6. The van der Waals surface area contributed by atoms with Crippen LogP contribution in [0.25, 0.3) is 22.2 Å². The van der Waals surface area contributed by atoms with Gasteiger partial charge in [0.2, 0.25) is 0 Å². The smallest absolute Gasteiger partial charge is 0.339 e. The second-order valence-electron chi connectivity index (χ2n) is 4.87. The van der Waals surface area contributed by atoms with E-state index < -0.39 is 5.97 Å². The third kappa shape index (κ3) is 1.56. The van der Waals surface area contributed by atoms with Crippen LogP contribution in [0.1, 0.15) is 16.1 Å². The molecule has 0 saturated heterocycles. The molecule has 5 heteroatoms. The molecule has 0 atom stereocenters. The van der Waals surface area contributed by atoms with Crippen LogP contribution in [0.5, 0.6) is 0 Å². The number of carboxylic acid groups (broad SMARTS) is 1. The molecular formula is C15H15N3O2. The molecule has 0 spiro atoms. The molecule has 0 unspecified atom stereocenters. The summed E-state index contributed by atoms with van der Waals surface area (Å²) < 4.78 is 3.70. The van der Waals surface area contributed by atoms with Gasteiger partial charge >= 0.3 is 5.97 Å². The van der Waals surface area contributed by atoms with Gasteiger partial charge in [0.1, 0.15) is 5.56 Å². The first-order valence-corrected chi connectivity index (χ1v) is 6.32. The Morgan fingerprint density at radius 2 is 1.95 bits per heavy atom. The lowest BCUT2D eigenvalue weighted by atomic mass is 10.0. The van der Waals surface area contributed by atoms with Crippen molar-refractivity contribution in [2.45, 2.75) is 6.92 Å². The van der Waals surface area contributed by atoms with E-state index in [1.807, 2.05) is 38.2 Å². The molecule has 0 aliphatic heterocycles. The minimum atomic E-state index is -0.958. The van der Waals surface area contributed by atoms with Gasteiger partial charge in [0.05, 0.1) is 11.9 Å². The number of rotatable bonds is 2. The highest BCUT2D eigenvalue weighted by atomic mass is 16.4. The summed E-state index contributed by atoms with van der Waals surface area (Å²) in [5, 5.41) is 14.5. The number of aromatic nitrogens is 3. The largest absolute Gasteiger partial charge is 0.478 e. The fraction of sp³-hybridized carbons (Fsp3) is 0.200.